The van der Waals surface area contributed by atoms with Crippen molar-refractivity contribution in [1.82, 2.24) is 19.9 Å². The molecule has 0 aliphatic rings. The minimum absolute atomic E-state index is 0.0413. The van der Waals surface area contributed by atoms with Gasteiger partial charge in [-0.15, -0.1) is 0 Å². The number of aromatic nitrogens is 4. The summed E-state index contributed by atoms with van der Waals surface area (Å²) in [5.41, 5.74) is 6.85. The molecule has 0 radical (unpaired) electrons. The molecule has 2 amide bonds. The van der Waals surface area contributed by atoms with Gasteiger partial charge in [-0.25, -0.2) is 14.4 Å². The molecule has 8 N–H and O–H groups in total. The second kappa shape index (κ2) is 4.16. The first-order valence-corrected chi connectivity index (χ1v) is 3.89. The van der Waals surface area contributed by atoms with E-state index >= 15 is 0 Å². The summed E-state index contributed by atoms with van der Waals surface area (Å²) in [4.78, 5) is 50.0. The molecule has 0 fully saturated rings. The van der Waals surface area contributed by atoms with Crippen molar-refractivity contribution < 1.29 is 4.79 Å². The summed E-state index contributed by atoms with van der Waals surface area (Å²) < 4.78 is 0. The number of nitrogens with two attached hydrogens (primary N) is 2. The van der Waals surface area contributed by atoms with E-state index in [4.69, 9.17) is 4.79 Å². The predicted octanol–water partition coefficient (Wildman–Crippen LogP) is -2.74. The van der Waals surface area contributed by atoms with Gasteiger partial charge in [0.05, 0.1) is 0 Å². The van der Waals surface area contributed by atoms with Crippen LogP contribution in [0.2, 0.25) is 0 Å². The van der Waals surface area contributed by atoms with Crippen molar-refractivity contribution in [2.24, 2.45) is 11.5 Å². The Morgan fingerprint density at radius 3 is 1.81 bits per heavy atom. The van der Waals surface area contributed by atoms with Crippen molar-refractivity contribution in [3.05, 3.63) is 31.3 Å². The largest absolute Gasteiger partial charge is 0.352 e. The highest BCUT2D eigenvalue weighted by molar-refractivity contribution is 5.69. The summed E-state index contributed by atoms with van der Waals surface area (Å²) in [6.07, 6.45) is 0. The van der Waals surface area contributed by atoms with Gasteiger partial charge in [0.2, 0.25) is 0 Å². The number of nitrogens with one attached hydrogen (secondary N) is 4. The molecule has 16 heavy (non-hydrogen) atoms. The van der Waals surface area contributed by atoms with E-state index in [9.17, 15) is 14.4 Å². The molecular formula is C6H8N6O4. The highest BCUT2D eigenvalue weighted by Crippen LogP contribution is 1.88. The molecular weight excluding hydrogens is 220 g/mol. The zero-order chi connectivity index (χ0) is 12.3. The zero-order valence-corrected chi connectivity index (χ0v) is 7.79. The number of fused-ring (bicyclic) bond motifs is 1. The normalized spacial score (nSPS) is 9.50. The monoisotopic (exact) mass is 228 g/mol. The number of H-pyrrole nitrogens is 4. The van der Waals surface area contributed by atoms with Crippen LogP contribution in [0.25, 0.3) is 11.2 Å². The van der Waals surface area contributed by atoms with Gasteiger partial charge in [0.15, 0.2) is 0 Å². The SMILES string of the molecule is NC(N)=O.O=c1[nH]c(=O)c2[nH]c(=O)[nH]c2[nH]1. The van der Waals surface area contributed by atoms with Gasteiger partial charge in [0.25, 0.3) is 5.56 Å². The summed E-state index contributed by atoms with van der Waals surface area (Å²) in [5, 5.41) is 0. The fourth-order valence-electron chi connectivity index (χ4n) is 0.958. The topological polar surface area (TPSA) is 183 Å². The first-order valence-electron chi connectivity index (χ1n) is 3.89. The van der Waals surface area contributed by atoms with E-state index in [0.717, 1.165) is 0 Å². The predicted molar refractivity (Wildman–Crippen MR) is 53.9 cm³/mol. The lowest BCUT2D eigenvalue weighted by atomic mass is 10.5. The molecule has 0 saturated carbocycles. The quantitative estimate of drug-likeness (QED) is 0.286. The lowest BCUT2D eigenvalue weighted by molar-refractivity contribution is 0.256. The first kappa shape index (κ1) is 11.3. The fourth-order valence-corrected chi connectivity index (χ4v) is 0.958. The van der Waals surface area contributed by atoms with Crippen LogP contribution in [-0.2, 0) is 0 Å². The first-order chi connectivity index (χ1) is 7.40. The van der Waals surface area contributed by atoms with Crippen molar-refractivity contribution in [3.63, 3.8) is 0 Å². The molecule has 0 unspecified atom stereocenters. The molecule has 0 aliphatic carbocycles. The minimum Gasteiger partial charge on any atom is -0.352 e. The second-order valence-electron chi connectivity index (χ2n) is 2.64. The van der Waals surface area contributed by atoms with Crippen molar-refractivity contribution in [2.75, 3.05) is 0 Å². The van der Waals surface area contributed by atoms with E-state index in [1.165, 1.54) is 0 Å². The summed E-state index contributed by atoms with van der Waals surface area (Å²) in [6.45, 7) is 0. The third-order valence-electron chi connectivity index (χ3n) is 1.42. The molecule has 2 aromatic rings. The summed E-state index contributed by atoms with van der Waals surface area (Å²) in [5.74, 6) is 0. The van der Waals surface area contributed by atoms with Gasteiger partial charge in [0, 0.05) is 0 Å². The smallest absolute Gasteiger partial charge is 0.327 e. The van der Waals surface area contributed by atoms with Crippen LogP contribution in [0.3, 0.4) is 0 Å². The van der Waals surface area contributed by atoms with Crippen molar-refractivity contribution in [2.45, 2.75) is 0 Å². The van der Waals surface area contributed by atoms with Crippen LogP contribution in [0.1, 0.15) is 0 Å². The molecule has 2 rings (SSSR count). The Morgan fingerprint density at radius 2 is 1.31 bits per heavy atom. The number of aromatic amines is 4. The van der Waals surface area contributed by atoms with Crippen molar-refractivity contribution in [3.8, 4) is 0 Å². The minimum atomic E-state index is -0.833. The number of amides is 2. The molecule has 86 valence electrons. The summed E-state index contributed by atoms with van der Waals surface area (Å²) in [7, 11) is 0. The number of carbonyl (C=O) groups is 1. The van der Waals surface area contributed by atoms with E-state index in [0.29, 0.717) is 0 Å². The zero-order valence-electron chi connectivity index (χ0n) is 7.79. The van der Waals surface area contributed by atoms with Gasteiger partial charge in [-0.2, -0.15) is 0 Å². The Labute approximate surface area is 85.7 Å². The lowest BCUT2D eigenvalue weighted by Gasteiger charge is -1.83. The summed E-state index contributed by atoms with van der Waals surface area (Å²) >= 11 is 0. The number of rotatable bonds is 0. The van der Waals surface area contributed by atoms with Gasteiger partial charge in [0.1, 0.15) is 11.2 Å². The average Bonchev–Trinajstić information content (AvgIpc) is 2.44. The maximum Gasteiger partial charge on any atom is 0.327 e. The van der Waals surface area contributed by atoms with E-state index in [1.807, 2.05) is 4.98 Å². The molecule has 0 spiro atoms. The number of hydrogen-bond donors (Lipinski definition) is 6. The summed E-state index contributed by atoms with van der Waals surface area (Å²) in [6, 6.07) is -0.833. The van der Waals surface area contributed by atoms with E-state index in [2.05, 4.69) is 26.4 Å². The second-order valence-corrected chi connectivity index (χ2v) is 2.64. The van der Waals surface area contributed by atoms with Crippen molar-refractivity contribution in [1.29, 1.82) is 0 Å². The number of urea groups is 1. The number of carbonyl (C=O) groups excluding carboxylic acids is 1. The molecule has 10 heteroatoms. The molecule has 0 atom stereocenters. The van der Waals surface area contributed by atoms with Crippen LogP contribution in [0, 0.1) is 0 Å². The van der Waals surface area contributed by atoms with Gasteiger partial charge >= 0.3 is 17.4 Å². The molecule has 0 bridgehead atoms. The number of imidazole rings is 1. The Morgan fingerprint density at radius 1 is 0.875 bits per heavy atom. The Balaban J connectivity index is 0.000000280. The molecule has 0 saturated heterocycles. The number of hydrogen-bond acceptors (Lipinski definition) is 4. The molecule has 2 aromatic heterocycles. The highest BCUT2D eigenvalue weighted by atomic mass is 16.2. The third-order valence-corrected chi connectivity index (χ3v) is 1.42. The maximum atomic E-state index is 10.9. The van der Waals surface area contributed by atoms with Crippen LogP contribution in [0.15, 0.2) is 14.4 Å². The highest BCUT2D eigenvalue weighted by Gasteiger charge is 2.02. The maximum absolute atomic E-state index is 10.9. The fraction of sp³-hybridized carbons (Fsp3) is 0. The van der Waals surface area contributed by atoms with Crippen LogP contribution in [-0.4, -0.2) is 26.0 Å². The molecule has 0 aromatic carbocycles. The molecule has 0 aliphatic heterocycles. The standard InChI is InChI=1S/C5H4N4O3.CH4N2O/c10-3-1-2(7-4(11)6-1)8-5(12)9-3;2-1(3)4/h(H4,6,7,8,9,10,11,12);(H4,2,3,4). The average molecular weight is 228 g/mol. The van der Waals surface area contributed by atoms with Crippen LogP contribution in [0.5, 0.6) is 0 Å². The molecule has 10 nitrogen and oxygen atoms in total. The van der Waals surface area contributed by atoms with E-state index in [1.54, 1.807) is 0 Å². The third kappa shape index (κ3) is 2.60. The Hall–Kier alpha value is -2.78. The Kier molecular flexibility index (Phi) is 2.94. The lowest BCUT2D eigenvalue weighted by Crippen LogP contribution is -2.21. The molecule has 2 heterocycles. The van der Waals surface area contributed by atoms with Gasteiger partial charge in [-0.3, -0.25) is 24.7 Å². The number of primary amides is 2. The van der Waals surface area contributed by atoms with Gasteiger partial charge in [-0.05, 0) is 0 Å². The van der Waals surface area contributed by atoms with E-state index in [-0.39, 0.29) is 11.2 Å². The van der Waals surface area contributed by atoms with Gasteiger partial charge in [-0.1, -0.05) is 0 Å². The van der Waals surface area contributed by atoms with Gasteiger partial charge < -0.3 is 11.5 Å². The van der Waals surface area contributed by atoms with Crippen LogP contribution < -0.4 is 28.4 Å². The van der Waals surface area contributed by atoms with Crippen LogP contribution >= 0.6 is 0 Å². The van der Waals surface area contributed by atoms with E-state index < -0.39 is 23.0 Å². The Bertz CT molecular complexity index is 668. The van der Waals surface area contributed by atoms with Crippen LogP contribution in [0.4, 0.5) is 4.79 Å². The van der Waals surface area contributed by atoms with Crippen molar-refractivity contribution >= 4 is 17.2 Å².